The van der Waals surface area contributed by atoms with Crippen LogP contribution in [0.2, 0.25) is 0 Å². The molecule has 3 nitrogen and oxygen atoms in total. The summed E-state index contributed by atoms with van der Waals surface area (Å²) in [4.78, 5) is 12.3. The Bertz CT molecular complexity index is 638. The van der Waals surface area contributed by atoms with E-state index in [1.807, 2.05) is 56.3 Å². The van der Waals surface area contributed by atoms with Gasteiger partial charge in [-0.1, -0.05) is 58.4 Å². The highest BCUT2D eigenvalue weighted by Crippen LogP contribution is 2.18. The number of hydrogen-bond acceptors (Lipinski definition) is 2. The largest absolute Gasteiger partial charge is 0.351 e. The Balaban J connectivity index is 1.91. The van der Waals surface area contributed by atoms with Crippen molar-refractivity contribution in [3.63, 3.8) is 0 Å². The van der Waals surface area contributed by atoms with Crippen molar-refractivity contribution in [2.75, 3.05) is 0 Å². The topological polar surface area (TPSA) is 55.1 Å². The van der Waals surface area contributed by atoms with Gasteiger partial charge in [0.2, 0.25) is 5.91 Å². The second-order valence-electron chi connectivity index (χ2n) is 6.46. The maximum absolute atomic E-state index is 12.3. The molecule has 0 saturated carbocycles. The van der Waals surface area contributed by atoms with Crippen LogP contribution in [-0.4, -0.2) is 11.4 Å². The molecule has 0 aliphatic heterocycles. The van der Waals surface area contributed by atoms with Gasteiger partial charge < -0.3 is 11.1 Å². The molecule has 0 bridgehead atoms. The maximum atomic E-state index is 12.3. The molecule has 122 valence electrons. The lowest BCUT2D eigenvalue weighted by Crippen LogP contribution is -2.45. The Labute approximate surface area is 146 Å². The lowest BCUT2D eigenvalue weighted by molar-refractivity contribution is -0.123. The number of benzene rings is 2. The van der Waals surface area contributed by atoms with Gasteiger partial charge >= 0.3 is 0 Å². The minimum Gasteiger partial charge on any atom is -0.351 e. The first-order valence-electron chi connectivity index (χ1n) is 7.72. The second-order valence-corrected chi connectivity index (χ2v) is 7.37. The van der Waals surface area contributed by atoms with Gasteiger partial charge in [0.25, 0.3) is 0 Å². The smallest absolute Gasteiger partial charge is 0.222 e. The first kappa shape index (κ1) is 17.7. The molecule has 0 spiro atoms. The van der Waals surface area contributed by atoms with Gasteiger partial charge in [-0.15, -0.1) is 0 Å². The number of carbonyl (C=O) groups is 1. The zero-order valence-corrected chi connectivity index (χ0v) is 15.1. The summed E-state index contributed by atoms with van der Waals surface area (Å²) in [6.45, 7) is 4.06. The predicted molar refractivity (Wildman–Crippen MR) is 98.1 cm³/mol. The van der Waals surface area contributed by atoms with Crippen molar-refractivity contribution < 1.29 is 4.79 Å². The molecule has 0 aliphatic rings. The molecule has 0 aromatic heterocycles. The monoisotopic (exact) mass is 374 g/mol. The number of amides is 1. The van der Waals surface area contributed by atoms with Crippen molar-refractivity contribution in [3.05, 3.63) is 70.2 Å². The van der Waals surface area contributed by atoms with E-state index in [4.69, 9.17) is 5.73 Å². The average Bonchev–Trinajstić information content (AvgIpc) is 2.49. The van der Waals surface area contributed by atoms with Gasteiger partial charge in [0, 0.05) is 22.5 Å². The molecule has 0 heterocycles. The number of rotatable bonds is 6. The Hall–Kier alpha value is -1.65. The molecule has 1 amide bonds. The number of halogens is 1. The molecule has 2 aromatic rings. The number of nitrogens with one attached hydrogen (secondary N) is 1. The molecule has 2 rings (SSSR count). The summed E-state index contributed by atoms with van der Waals surface area (Å²) in [5, 5.41) is 3.09. The minimum absolute atomic E-state index is 0.0246. The first-order valence-corrected chi connectivity index (χ1v) is 8.51. The molecule has 1 atom stereocenters. The van der Waals surface area contributed by atoms with Crippen LogP contribution in [0.4, 0.5) is 0 Å². The fourth-order valence-electron chi connectivity index (χ4n) is 2.60. The summed E-state index contributed by atoms with van der Waals surface area (Å²) in [5.74, 6) is -0.0246. The quantitative estimate of drug-likeness (QED) is 0.803. The summed E-state index contributed by atoms with van der Waals surface area (Å²) < 4.78 is 1.05. The molecule has 0 fully saturated rings. The lowest BCUT2D eigenvalue weighted by atomic mass is 9.94. The Morgan fingerprint density at radius 2 is 1.74 bits per heavy atom. The molecular formula is C19H23BrN2O. The van der Waals surface area contributed by atoms with Gasteiger partial charge in [-0.3, -0.25) is 4.79 Å². The maximum Gasteiger partial charge on any atom is 0.222 e. The molecule has 23 heavy (non-hydrogen) atoms. The van der Waals surface area contributed by atoms with Gasteiger partial charge in [-0.05, 0) is 43.5 Å². The van der Waals surface area contributed by atoms with E-state index in [2.05, 4.69) is 33.4 Å². The van der Waals surface area contributed by atoms with Crippen LogP contribution in [0.1, 0.15) is 37.4 Å². The third kappa shape index (κ3) is 5.81. The fraction of sp³-hybridized carbons (Fsp3) is 0.316. The highest BCUT2D eigenvalue weighted by molar-refractivity contribution is 9.10. The van der Waals surface area contributed by atoms with Crippen LogP contribution in [0.25, 0.3) is 0 Å². The third-order valence-electron chi connectivity index (χ3n) is 3.67. The molecule has 1 unspecified atom stereocenters. The second kappa shape index (κ2) is 7.75. The molecule has 0 aliphatic carbocycles. The zero-order chi connectivity index (χ0) is 16.9. The Kier molecular flexibility index (Phi) is 5.97. The molecule has 4 heteroatoms. The summed E-state index contributed by atoms with van der Waals surface area (Å²) in [6, 6.07) is 17.6. The van der Waals surface area contributed by atoms with Crippen molar-refractivity contribution >= 4 is 21.8 Å². The van der Waals surface area contributed by atoms with Crippen molar-refractivity contribution in [1.82, 2.24) is 5.32 Å². The van der Waals surface area contributed by atoms with Gasteiger partial charge in [0.05, 0.1) is 0 Å². The highest BCUT2D eigenvalue weighted by atomic mass is 79.9. The van der Waals surface area contributed by atoms with Crippen molar-refractivity contribution in [2.24, 2.45) is 5.73 Å². The van der Waals surface area contributed by atoms with Crippen LogP contribution in [0.3, 0.4) is 0 Å². The molecule has 2 aromatic carbocycles. The summed E-state index contributed by atoms with van der Waals surface area (Å²) >= 11 is 3.43. The van der Waals surface area contributed by atoms with E-state index in [9.17, 15) is 4.79 Å². The van der Waals surface area contributed by atoms with E-state index < -0.39 is 0 Å². The minimum atomic E-state index is -0.318. The van der Waals surface area contributed by atoms with Crippen molar-refractivity contribution in [1.29, 1.82) is 0 Å². The van der Waals surface area contributed by atoms with Gasteiger partial charge in [0.1, 0.15) is 0 Å². The van der Waals surface area contributed by atoms with Crippen LogP contribution < -0.4 is 11.1 Å². The van der Waals surface area contributed by atoms with Crippen LogP contribution in [-0.2, 0) is 11.2 Å². The Morgan fingerprint density at radius 3 is 2.35 bits per heavy atom. The van der Waals surface area contributed by atoms with Gasteiger partial charge in [-0.2, -0.15) is 0 Å². The van der Waals surface area contributed by atoms with Crippen LogP contribution in [0, 0.1) is 0 Å². The highest BCUT2D eigenvalue weighted by Gasteiger charge is 2.22. The van der Waals surface area contributed by atoms with Crippen molar-refractivity contribution in [2.45, 2.75) is 38.3 Å². The van der Waals surface area contributed by atoms with Crippen LogP contribution >= 0.6 is 15.9 Å². The lowest BCUT2D eigenvalue weighted by Gasteiger charge is -2.27. The number of hydrogen-bond donors (Lipinski definition) is 2. The van der Waals surface area contributed by atoms with Crippen LogP contribution in [0.5, 0.6) is 0 Å². The normalized spacial score (nSPS) is 12.7. The summed E-state index contributed by atoms with van der Waals surface area (Å²) in [6.07, 6.45) is 1.06. The van der Waals surface area contributed by atoms with E-state index in [-0.39, 0.29) is 23.9 Å². The summed E-state index contributed by atoms with van der Waals surface area (Å²) in [7, 11) is 0. The van der Waals surface area contributed by atoms with E-state index in [0.29, 0.717) is 0 Å². The molecule has 0 saturated heterocycles. The van der Waals surface area contributed by atoms with Gasteiger partial charge in [-0.25, -0.2) is 0 Å². The van der Waals surface area contributed by atoms with E-state index >= 15 is 0 Å². The van der Waals surface area contributed by atoms with E-state index in [1.165, 1.54) is 5.56 Å². The SMILES string of the molecule is CC(C)(Cc1ccc(Br)cc1)NC(=O)CC(N)c1ccccc1. The standard InChI is InChI=1S/C19H23BrN2O/c1-19(2,13-14-8-10-16(20)11-9-14)22-18(23)12-17(21)15-6-4-3-5-7-15/h3-11,17H,12-13,21H2,1-2H3,(H,22,23). The number of carbonyl (C=O) groups excluding carboxylic acids is 1. The van der Waals surface area contributed by atoms with E-state index in [1.54, 1.807) is 0 Å². The van der Waals surface area contributed by atoms with E-state index in [0.717, 1.165) is 16.5 Å². The van der Waals surface area contributed by atoms with Crippen LogP contribution in [0.15, 0.2) is 59.1 Å². The molecule has 3 N–H and O–H groups in total. The first-order chi connectivity index (χ1) is 10.9. The van der Waals surface area contributed by atoms with Gasteiger partial charge in [0.15, 0.2) is 0 Å². The fourth-order valence-corrected chi connectivity index (χ4v) is 2.87. The molecule has 0 radical (unpaired) electrons. The number of nitrogens with two attached hydrogens (primary N) is 1. The summed E-state index contributed by atoms with van der Waals surface area (Å²) in [5.41, 5.74) is 7.97. The zero-order valence-electron chi connectivity index (χ0n) is 13.6. The van der Waals surface area contributed by atoms with Crippen molar-refractivity contribution in [3.8, 4) is 0 Å². The third-order valence-corrected chi connectivity index (χ3v) is 4.20. The molecular weight excluding hydrogens is 352 g/mol. The average molecular weight is 375 g/mol. The Morgan fingerprint density at radius 1 is 1.13 bits per heavy atom. The predicted octanol–water partition coefficient (Wildman–Crippen LogP) is 3.98.